The van der Waals surface area contributed by atoms with E-state index in [2.05, 4.69) is 33.1 Å². The topological polar surface area (TPSA) is 44.8 Å². The Kier molecular flexibility index (Phi) is 6.67. The lowest BCUT2D eigenvalue weighted by Gasteiger charge is -2.34. The van der Waals surface area contributed by atoms with Crippen LogP contribution < -0.4 is 10.1 Å². The van der Waals surface area contributed by atoms with E-state index in [-0.39, 0.29) is 5.91 Å². The second kappa shape index (κ2) is 8.50. The molecule has 1 saturated heterocycles. The molecule has 1 aliphatic rings. The Labute approximate surface area is 140 Å². The quantitative estimate of drug-likeness (QED) is 0.826. The van der Waals surface area contributed by atoms with E-state index in [1.165, 1.54) is 0 Å². The second-order valence-electron chi connectivity index (χ2n) is 5.64. The van der Waals surface area contributed by atoms with Gasteiger partial charge in [-0.05, 0) is 31.2 Å². The van der Waals surface area contributed by atoms with Gasteiger partial charge in [0.2, 0.25) is 5.91 Å². The van der Waals surface area contributed by atoms with Crippen LogP contribution in [-0.2, 0) is 4.79 Å². The molecule has 1 amide bonds. The molecule has 1 N–H and O–H groups in total. The lowest BCUT2D eigenvalue weighted by atomic mass is 10.2. The van der Waals surface area contributed by atoms with Gasteiger partial charge in [0.25, 0.3) is 0 Å². The summed E-state index contributed by atoms with van der Waals surface area (Å²) in [6, 6.07) is 8.11. The maximum Gasteiger partial charge on any atom is 0.236 e. The van der Waals surface area contributed by atoms with Crippen molar-refractivity contribution in [3.8, 4) is 5.75 Å². The fourth-order valence-electron chi connectivity index (χ4n) is 2.37. The highest BCUT2D eigenvalue weighted by Crippen LogP contribution is 2.15. The molecule has 2 rings (SSSR count). The number of likely N-dealkylation sites (N-methyl/N-ethyl adjacent to an activating group) is 1. The average Bonchev–Trinajstić information content (AvgIpc) is 2.51. The minimum absolute atomic E-state index is 0.146. The Balaban J connectivity index is 1.70. The minimum atomic E-state index is 0.146. The van der Waals surface area contributed by atoms with Gasteiger partial charge in [-0.2, -0.15) is 0 Å². The Morgan fingerprint density at radius 2 is 2.18 bits per heavy atom. The van der Waals surface area contributed by atoms with Gasteiger partial charge in [-0.25, -0.2) is 0 Å². The number of nitrogens with one attached hydrogen (secondary N) is 1. The molecule has 1 heterocycles. The van der Waals surface area contributed by atoms with Crippen molar-refractivity contribution in [3.63, 3.8) is 0 Å². The summed E-state index contributed by atoms with van der Waals surface area (Å²) in [6.07, 6.45) is 0. The molecule has 1 fully saturated rings. The van der Waals surface area contributed by atoms with Gasteiger partial charge >= 0.3 is 0 Å². The van der Waals surface area contributed by atoms with Gasteiger partial charge in [0.05, 0.1) is 13.1 Å². The Hall–Kier alpha value is -1.11. The lowest BCUT2D eigenvalue weighted by Crippen LogP contribution is -2.53. The molecule has 1 atom stereocenters. The number of carbonyl (C=O) groups is 1. The van der Waals surface area contributed by atoms with E-state index in [4.69, 9.17) is 4.74 Å². The van der Waals surface area contributed by atoms with Crippen molar-refractivity contribution < 1.29 is 9.53 Å². The van der Waals surface area contributed by atoms with Crippen LogP contribution in [0.1, 0.15) is 6.92 Å². The van der Waals surface area contributed by atoms with Crippen LogP contribution in [0, 0.1) is 0 Å². The van der Waals surface area contributed by atoms with Crippen LogP contribution in [0.25, 0.3) is 0 Å². The van der Waals surface area contributed by atoms with Crippen LogP contribution in [0.2, 0.25) is 0 Å². The zero-order valence-corrected chi connectivity index (χ0v) is 14.8. The SMILES string of the molecule is C[C@H]1CNCCN1CC(=O)N(C)CCOc1ccc(Br)cc1. The van der Waals surface area contributed by atoms with E-state index in [9.17, 15) is 4.79 Å². The number of rotatable bonds is 6. The van der Waals surface area contributed by atoms with Crippen LogP contribution in [0.5, 0.6) is 5.75 Å². The molecule has 1 aromatic carbocycles. The maximum absolute atomic E-state index is 12.2. The first-order valence-corrected chi connectivity index (χ1v) is 8.42. The first kappa shape index (κ1) is 17.2. The minimum Gasteiger partial charge on any atom is -0.492 e. The van der Waals surface area contributed by atoms with Crippen LogP contribution >= 0.6 is 15.9 Å². The average molecular weight is 370 g/mol. The predicted octanol–water partition coefficient (Wildman–Crippen LogP) is 1.58. The molecule has 0 saturated carbocycles. The molecule has 0 bridgehead atoms. The van der Waals surface area contributed by atoms with Crippen LogP contribution in [0.4, 0.5) is 0 Å². The summed E-state index contributed by atoms with van der Waals surface area (Å²) in [7, 11) is 1.83. The molecule has 0 radical (unpaired) electrons. The summed E-state index contributed by atoms with van der Waals surface area (Å²) in [6.45, 7) is 6.55. The molecule has 1 aliphatic heterocycles. The Morgan fingerprint density at radius 3 is 2.86 bits per heavy atom. The van der Waals surface area contributed by atoms with Crippen molar-refractivity contribution in [1.29, 1.82) is 0 Å². The van der Waals surface area contributed by atoms with Gasteiger partial charge in [-0.15, -0.1) is 0 Å². The fraction of sp³-hybridized carbons (Fsp3) is 0.562. The Bertz CT molecular complexity index is 481. The van der Waals surface area contributed by atoms with Crippen molar-refractivity contribution >= 4 is 21.8 Å². The summed E-state index contributed by atoms with van der Waals surface area (Å²) >= 11 is 3.39. The summed E-state index contributed by atoms with van der Waals surface area (Å²) in [4.78, 5) is 16.2. The molecule has 0 spiro atoms. The Morgan fingerprint density at radius 1 is 1.45 bits per heavy atom. The van der Waals surface area contributed by atoms with E-state index < -0.39 is 0 Å². The van der Waals surface area contributed by atoms with Crippen molar-refractivity contribution in [2.75, 3.05) is 46.4 Å². The zero-order valence-electron chi connectivity index (χ0n) is 13.2. The molecule has 6 heteroatoms. The molecule has 0 unspecified atom stereocenters. The van der Waals surface area contributed by atoms with E-state index in [0.717, 1.165) is 29.9 Å². The molecule has 122 valence electrons. The third-order valence-corrected chi connectivity index (χ3v) is 4.44. The largest absolute Gasteiger partial charge is 0.492 e. The number of amides is 1. The summed E-state index contributed by atoms with van der Waals surface area (Å²) < 4.78 is 6.68. The first-order chi connectivity index (χ1) is 10.6. The summed E-state index contributed by atoms with van der Waals surface area (Å²) in [5.74, 6) is 0.966. The smallest absolute Gasteiger partial charge is 0.236 e. The van der Waals surface area contributed by atoms with Gasteiger partial charge in [0.15, 0.2) is 0 Å². The van der Waals surface area contributed by atoms with E-state index in [0.29, 0.717) is 25.7 Å². The van der Waals surface area contributed by atoms with E-state index in [1.54, 1.807) is 4.90 Å². The van der Waals surface area contributed by atoms with E-state index >= 15 is 0 Å². The maximum atomic E-state index is 12.2. The number of hydrogen-bond donors (Lipinski definition) is 1. The third-order valence-electron chi connectivity index (χ3n) is 3.91. The number of carbonyl (C=O) groups excluding carboxylic acids is 1. The van der Waals surface area contributed by atoms with Crippen LogP contribution in [0.15, 0.2) is 28.7 Å². The van der Waals surface area contributed by atoms with Gasteiger partial charge < -0.3 is 15.0 Å². The second-order valence-corrected chi connectivity index (χ2v) is 6.56. The van der Waals surface area contributed by atoms with Gasteiger partial charge in [-0.3, -0.25) is 9.69 Å². The lowest BCUT2D eigenvalue weighted by molar-refractivity contribution is -0.132. The summed E-state index contributed by atoms with van der Waals surface area (Å²) in [5, 5.41) is 3.33. The predicted molar refractivity (Wildman–Crippen MR) is 91.2 cm³/mol. The molecule has 0 aliphatic carbocycles. The third kappa shape index (κ3) is 5.26. The molecule has 5 nitrogen and oxygen atoms in total. The molecule has 22 heavy (non-hydrogen) atoms. The number of piperazine rings is 1. The molecule has 1 aromatic rings. The van der Waals surface area contributed by atoms with Crippen molar-refractivity contribution in [1.82, 2.24) is 15.1 Å². The number of hydrogen-bond acceptors (Lipinski definition) is 4. The van der Waals surface area contributed by atoms with Gasteiger partial charge in [0, 0.05) is 37.2 Å². The van der Waals surface area contributed by atoms with Crippen LogP contribution in [-0.4, -0.2) is 68.1 Å². The zero-order chi connectivity index (χ0) is 15.9. The molecule has 0 aromatic heterocycles. The molecular formula is C16H24BrN3O2. The number of nitrogens with zero attached hydrogens (tertiary/aromatic N) is 2. The molecular weight excluding hydrogens is 346 g/mol. The standard InChI is InChI=1S/C16H24BrN3O2/c1-13-11-18-7-8-20(13)12-16(21)19(2)9-10-22-15-5-3-14(17)4-6-15/h3-6,13,18H,7-12H2,1-2H3/t13-/m0/s1. The number of benzene rings is 1. The summed E-state index contributed by atoms with van der Waals surface area (Å²) in [5.41, 5.74) is 0. The highest BCUT2D eigenvalue weighted by molar-refractivity contribution is 9.10. The van der Waals surface area contributed by atoms with Gasteiger partial charge in [0.1, 0.15) is 12.4 Å². The van der Waals surface area contributed by atoms with Crippen molar-refractivity contribution in [3.05, 3.63) is 28.7 Å². The highest BCUT2D eigenvalue weighted by atomic mass is 79.9. The van der Waals surface area contributed by atoms with Crippen molar-refractivity contribution in [2.45, 2.75) is 13.0 Å². The van der Waals surface area contributed by atoms with Crippen LogP contribution in [0.3, 0.4) is 0 Å². The highest BCUT2D eigenvalue weighted by Gasteiger charge is 2.21. The number of ether oxygens (including phenoxy) is 1. The normalized spacial score (nSPS) is 19.0. The fourth-order valence-corrected chi connectivity index (χ4v) is 2.63. The monoisotopic (exact) mass is 369 g/mol. The van der Waals surface area contributed by atoms with Gasteiger partial charge in [-0.1, -0.05) is 15.9 Å². The van der Waals surface area contributed by atoms with E-state index in [1.807, 2.05) is 31.3 Å². The number of halogens is 1. The van der Waals surface area contributed by atoms with Crippen molar-refractivity contribution in [2.24, 2.45) is 0 Å². The first-order valence-electron chi connectivity index (χ1n) is 7.63.